The summed E-state index contributed by atoms with van der Waals surface area (Å²) in [5.41, 5.74) is 0. The van der Waals surface area contributed by atoms with E-state index in [-0.39, 0.29) is 31.1 Å². The van der Waals surface area contributed by atoms with Crippen LogP contribution in [0.3, 0.4) is 0 Å². The summed E-state index contributed by atoms with van der Waals surface area (Å²) in [6, 6.07) is 0. The van der Waals surface area contributed by atoms with E-state index in [9.17, 15) is 14.4 Å². The topological polar surface area (TPSA) is 78.9 Å². The van der Waals surface area contributed by atoms with Crippen molar-refractivity contribution in [3.8, 4) is 0 Å². The molecule has 0 aliphatic heterocycles. The van der Waals surface area contributed by atoms with Crippen molar-refractivity contribution in [3.05, 3.63) is 0 Å². The van der Waals surface area contributed by atoms with Crippen LogP contribution in [0, 0.1) is 17.8 Å². The molecule has 0 radical (unpaired) electrons. The van der Waals surface area contributed by atoms with Crippen molar-refractivity contribution in [2.24, 2.45) is 17.8 Å². The van der Waals surface area contributed by atoms with Crippen LogP contribution in [0.15, 0.2) is 0 Å². The second-order valence-electron chi connectivity index (χ2n) is 22.1. The molecule has 0 heterocycles. The Labute approximate surface area is 412 Å². The standard InChI is InChI=1S/C60H116O6/c1-54(2)46-40-34-28-22-16-10-7-8-12-19-25-31-37-43-49-58(61)64-52-57(66-60(63)51-45-39-33-27-21-15-14-18-24-30-36-42-48-56(5)6)53-65-59(62)50-44-38-32-26-20-13-9-11-17-23-29-35-41-47-55(3)4/h54-57H,7-53H2,1-6H3/t57-/m0/s1. The van der Waals surface area contributed by atoms with E-state index < -0.39 is 6.10 Å². The van der Waals surface area contributed by atoms with Crippen LogP contribution >= 0.6 is 0 Å². The highest BCUT2D eigenvalue weighted by Crippen LogP contribution is 2.19. The van der Waals surface area contributed by atoms with Gasteiger partial charge in [-0.3, -0.25) is 14.4 Å². The number of ether oxygens (including phenoxy) is 3. The fourth-order valence-electron chi connectivity index (χ4n) is 9.18. The predicted octanol–water partition coefficient (Wildman–Crippen LogP) is 19.5. The lowest BCUT2D eigenvalue weighted by molar-refractivity contribution is -0.167. The summed E-state index contributed by atoms with van der Waals surface area (Å²) < 4.78 is 16.9. The molecule has 0 aromatic carbocycles. The molecule has 6 heteroatoms. The lowest BCUT2D eigenvalue weighted by Crippen LogP contribution is -2.30. The summed E-state index contributed by atoms with van der Waals surface area (Å²) in [6.45, 7) is 13.8. The van der Waals surface area contributed by atoms with Gasteiger partial charge in [-0.2, -0.15) is 0 Å². The maximum Gasteiger partial charge on any atom is 0.306 e. The minimum atomic E-state index is -0.764. The molecule has 0 amide bonds. The lowest BCUT2D eigenvalue weighted by atomic mass is 10.0. The monoisotopic (exact) mass is 933 g/mol. The van der Waals surface area contributed by atoms with Crippen molar-refractivity contribution < 1.29 is 28.6 Å². The molecule has 0 unspecified atom stereocenters. The van der Waals surface area contributed by atoms with Crippen molar-refractivity contribution in [1.82, 2.24) is 0 Å². The zero-order valence-corrected chi connectivity index (χ0v) is 45.5. The molecule has 0 rings (SSSR count). The molecule has 1 atom stereocenters. The predicted molar refractivity (Wildman–Crippen MR) is 284 cm³/mol. The van der Waals surface area contributed by atoms with Gasteiger partial charge in [-0.25, -0.2) is 0 Å². The maximum atomic E-state index is 12.9. The number of hydrogen-bond donors (Lipinski definition) is 0. The van der Waals surface area contributed by atoms with Gasteiger partial charge in [0.1, 0.15) is 13.2 Å². The Bertz CT molecular complexity index is 1020. The van der Waals surface area contributed by atoms with Crippen molar-refractivity contribution >= 4 is 17.9 Å². The van der Waals surface area contributed by atoms with Crippen LogP contribution in [-0.2, 0) is 28.6 Å². The minimum Gasteiger partial charge on any atom is -0.462 e. The average Bonchev–Trinajstić information content (AvgIpc) is 3.28. The van der Waals surface area contributed by atoms with Gasteiger partial charge in [-0.15, -0.1) is 0 Å². The van der Waals surface area contributed by atoms with E-state index in [4.69, 9.17) is 14.2 Å². The van der Waals surface area contributed by atoms with Gasteiger partial charge in [0, 0.05) is 19.3 Å². The van der Waals surface area contributed by atoms with E-state index >= 15 is 0 Å². The van der Waals surface area contributed by atoms with E-state index in [0.29, 0.717) is 19.3 Å². The van der Waals surface area contributed by atoms with E-state index in [1.807, 2.05) is 0 Å². The molecule has 0 aliphatic rings. The van der Waals surface area contributed by atoms with Crippen LogP contribution in [0.2, 0.25) is 0 Å². The number of carbonyl (C=O) groups is 3. The molecule has 0 spiro atoms. The Morgan fingerprint density at radius 3 is 0.652 bits per heavy atom. The Morgan fingerprint density at radius 1 is 0.258 bits per heavy atom. The molecule has 0 saturated carbocycles. The molecule has 0 aromatic heterocycles. The molecular weight excluding hydrogens is 817 g/mol. The fraction of sp³-hybridized carbons (Fsp3) is 0.950. The minimum absolute atomic E-state index is 0.0633. The smallest absolute Gasteiger partial charge is 0.306 e. The average molecular weight is 934 g/mol. The zero-order chi connectivity index (χ0) is 48.4. The first-order chi connectivity index (χ1) is 32.1. The van der Waals surface area contributed by atoms with Gasteiger partial charge in [0.15, 0.2) is 6.10 Å². The lowest BCUT2D eigenvalue weighted by Gasteiger charge is -2.18. The van der Waals surface area contributed by atoms with Crippen LogP contribution in [0.5, 0.6) is 0 Å². The van der Waals surface area contributed by atoms with Gasteiger partial charge in [0.05, 0.1) is 0 Å². The molecule has 0 bridgehead atoms. The third-order valence-electron chi connectivity index (χ3n) is 13.6. The summed E-state index contributed by atoms with van der Waals surface area (Å²) >= 11 is 0. The van der Waals surface area contributed by atoms with Crippen LogP contribution in [-0.4, -0.2) is 37.2 Å². The largest absolute Gasteiger partial charge is 0.462 e. The van der Waals surface area contributed by atoms with Gasteiger partial charge in [-0.1, -0.05) is 292 Å². The Balaban J connectivity index is 4.30. The summed E-state index contributed by atoms with van der Waals surface area (Å²) in [6.07, 6.45) is 53.8. The van der Waals surface area contributed by atoms with Gasteiger partial charge < -0.3 is 14.2 Å². The first-order valence-electron chi connectivity index (χ1n) is 29.6. The maximum absolute atomic E-state index is 12.9. The Kier molecular flexibility index (Phi) is 50.0. The summed E-state index contributed by atoms with van der Waals surface area (Å²) in [5, 5.41) is 0. The second kappa shape index (κ2) is 51.3. The quantitative estimate of drug-likeness (QED) is 0.0343. The van der Waals surface area contributed by atoms with Crippen molar-refractivity contribution in [2.45, 2.75) is 337 Å². The zero-order valence-electron chi connectivity index (χ0n) is 45.5. The number of carbonyl (C=O) groups excluding carboxylic acids is 3. The highest BCUT2D eigenvalue weighted by molar-refractivity contribution is 5.71. The number of rotatable bonds is 53. The summed E-state index contributed by atoms with van der Waals surface area (Å²) in [7, 11) is 0. The number of esters is 3. The molecule has 392 valence electrons. The van der Waals surface area contributed by atoms with Crippen LogP contribution in [0.1, 0.15) is 330 Å². The highest BCUT2D eigenvalue weighted by atomic mass is 16.6. The van der Waals surface area contributed by atoms with Crippen LogP contribution in [0.25, 0.3) is 0 Å². The summed E-state index contributed by atoms with van der Waals surface area (Å²) in [4.78, 5) is 38.2. The molecule has 0 N–H and O–H groups in total. The van der Waals surface area contributed by atoms with Crippen LogP contribution in [0.4, 0.5) is 0 Å². The second-order valence-corrected chi connectivity index (χ2v) is 22.1. The van der Waals surface area contributed by atoms with Gasteiger partial charge >= 0.3 is 17.9 Å². The van der Waals surface area contributed by atoms with E-state index in [0.717, 1.165) is 75.5 Å². The third kappa shape index (κ3) is 53.4. The van der Waals surface area contributed by atoms with Gasteiger partial charge in [-0.05, 0) is 37.0 Å². The Hall–Kier alpha value is -1.59. The molecular formula is C60H116O6. The SMILES string of the molecule is CC(C)CCCCCCCCCCCCCCCCC(=O)OC[C@@H](COC(=O)CCCCCCCCCCCCCCCC(C)C)OC(=O)CCCCCCCCCCCCCCC(C)C. The number of unbranched alkanes of at least 4 members (excludes halogenated alkanes) is 36. The third-order valence-corrected chi connectivity index (χ3v) is 13.6. The first-order valence-corrected chi connectivity index (χ1v) is 29.6. The van der Waals surface area contributed by atoms with Crippen molar-refractivity contribution in [2.75, 3.05) is 13.2 Å². The molecule has 0 aromatic rings. The van der Waals surface area contributed by atoms with Crippen LogP contribution < -0.4 is 0 Å². The van der Waals surface area contributed by atoms with Gasteiger partial charge in [0.2, 0.25) is 0 Å². The highest BCUT2D eigenvalue weighted by Gasteiger charge is 2.19. The normalized spacial score (nSPS) is 12.1. The van der Waals surface area contributed by atoms with E-state index in [2.05, 4.69) is 41.5 Å². The molecule has 0 fully saturated rings. The molecule has 66 heavy (non-hydrogen) atoms. The van der Waals surface area contributed by atoms with Crippen molar-refractivity contribution in [3.63, 3.8) is 0 Å². The molecule has 0 saturated heterocycles. The fourth-order valence-corrected chi connectivity index (χ4v) is 9.18. The molecule has 6 nitrogen and oxygen atoms in total. The number of hydrogen-bond acceptors (Lipinski definition) is 6. The van der Waals surface area contributed by atoms with E-state index in [1.165, 1.54) is 212 Å². The first kappa shape index (κ1) is 64.4. The Morgan fingerprint density at radius 2 is 0.439 bits per heavy atom. The van der Waals surface area contributed by atoms with E-state index in [1.54, 1.807) is 0 Å². The van der Waals surface area contributed by atoms with Gasteiger partial charge in [0.25, 0.3) is 0 Å². The van der Waals surface area contributed by atoms with Crippen molar-refractivity contribution in [1.29, 1.82) is 0 Å². The summed E-state index contributed by atoms with van der Waals surface area (Å²) in [5.74, 6) is 1.68. The molecule has 0 aliphatic carbocycles.